The molecule has 4 rings (SSSR count). The number of carbonyl (C=O) groups is 1. The number of nitrogens with one attached hydrogen (secondary N) is 1. The largest absolute Gasteiger partial charge is 0.489 e. The molecular weight excluding hydrogens is 406 g/mol. The summed E-state index contributed by atoms with van der Waals surface area (Å²) in [5, 5.41) is 5.71. The van der Waals surface area contributed by atoms with Crippen LogP contribution in [0.15, 0.2) is 90.6 Å². The fourth-order valence-corrected chi connectivity index (χ4v) is 3.63. The minimum absolute atomic E-state index is 0.170. The minimum Gasteiger partial charge on any atom is -0.489 e. The number of benzene rings is 2. The molecule has 2 heterocycles. The Kier molecular flexibility index (Phi) is 6.82. The second-order valence-electron chi connectivity index (χ2n) is 6.76. The van der Waals surface area contributed by atoms with Crippen LogP contribution in [0.4, 0.5) is 0 Å². The number of rotatable bonds is 8. The monoisotopic (exact) mass is 427 g/mol. The quantitative estimate of drug-likeness (QED) is 0.397. The number of hydrogen-bond acceptors (Lipinski definition) is 5. The maximum Gasteiger partial charge on any atom is 0.244 e. The van der Waals surface area contributed by atoms with Crippen molar-refractivity contribution in [1.29, 1.82) is 0 Å². The number of carbonyl (C=O) groups excluding carboxylic acids is 1. The molecule has 0 aliphatic carbocycles. The van der Waals surface area contributed by atoms with Crippen molar-refractivity contribution in [3.8, 4) is 17.0 Å². The first kappa shape index (κ1) is 20.5. The summed E-state index contributed by atoms with van der Waals surface area (Å²) < 4.78 is 5.84. The van der Waals surface area contributed by atoms with Gasteiger partial charge in [0.25, 0.3) is 0 Å². The van der Waals surface area contributed by atoms with E-state index in [1.165, 1.54) is 17.4 Å². The molecule has 154 valence electrons. The van der Waals surface area contributed by atoms with Gasteiger partial charge in [0.15, 0.2) is 0 Å². The van der Waals surface area contributed by atoms with E-state index >= 15 is 0 Å². The molecule has 0 unspecified atom stereocenters. The molecular formula is C25H21N3O2S. The summed E-state index contributed by atoms with van der Waals surface area (Å²) in [5.74, 6) is 0.592. The lowest BCUT2D eigenvalue weighted by molar-refractivity contribution is -0.116. The third-order valence-corrected chi connectivity index (χ3v) is 5.32. The normalized spacial score (nSPS) is 10.8. The first-order chi connectivity index (χ1) is 15.3. The number of thiazole rings is 1. The predicted octanol–water partition coefficient (Wildman–Crippen LogP) is 5.11. The van der Waals surface area contributed by atoms with Gasteiger partial charge in [-0.05, 0) is 41.5 Å². The zero-order valence-electron chi connectivity index (χ0n) is 16.8. The van der Waals surface area contributed by atoms with Gasteiger partial charge in [0, 0.05) is 29.4 Å². The van der Waals surface area contributed by atoms with E-state index in [9.17, 15) is 4.79 Å². The smallest absolute Gasteiger partial charge is 0.244 e. The zero-order valence-corrected chi connectivity index (χ0v) is 17.6. The van der Waals surface area contributed by atoms with Crippen LogP contribution < -0.4 is 10.1 Å². The van der Waals surface area contributed by atoms with Crippen molar-refractivity contribution in [3.05, 3.63) is 107 Å². The van der Waals surface area contributed by atoms with E-state index < -0.39 is 0 Å². The van der Waals surface area contributed by atoms with Gasteiger partial charge in [0.2, 0.25) is 5.91 Å². The van der Waals surface area contributed by atoms with Gasteiger partial charge in [-0.1, -0.05) is 42.5 Å². The Balaban J connectivity index is 1.29. The molecule has 4 aromatic rings. The standard InChI is InChI=1S/C25H21N3O2S/c29-24(27-16-25-28-23(18-31-25)21-11-13-26-14-12-21)10-9-19-7-4-8-22(15-19)30-17-20-5-2-1-3-6-20/h1-15,18H,16-17H2,(H,27,29)/b10-9+. The third-order valence-electron chi connectivity index (χ3n) is 4.48. The SMILES string of the molecule is O=C(/C=C/c1cccc(OCc2ccccc2)c1)NCc1nc(-c2ccncc2)cs1. The number of aromatic nitrogens is 2. The van der Waals surface area contributed by atoms with Crippen LogP contribution >= 0.6 is 11.3 Å². The highest BCUT2D eigenvalue weighted by Crippen LogP contribution is 2.21. The van der Waals surface area contributed by atoms with Gasteiger partial charge in [0.05, 0.1) is 12.2 Å². The number of pyridine rings is 1. The van der Waals surface area contributed by atoms with Crippen molar-refractivity contribution in [1.82, 2.24) is 15.3 Å². The topological polar surface area (TPSA) is 64.1 Å². The van der Waals surface area contributed by atoms with E-state index in [0.717, 1.165) is 33.1 Å². The third kappa shape index (κ3) is 6.10. The maximum atomic E-state index is 12.2. The average molecular weight is 428 g/mol. The fraction of sp³-hybridized carbons (Fsp3) is 0.0800. The lowest BCUT2D eigenvalue weighted by atomic mass is 10.2. The first-order valence-electron chi connectivity index (χ1n) is 9.84. The van der Waals surface area contributed by atoms with E-state index in [4.69, 9.17) is 4.74 Å². The summed E-state index contributed by atoms with van der Waals surface area (Å²) in [6, 6.07) is 21.5. The highest BCUT2D eigenvalue weighted by molar-refractivity contribution is 7.09. The molecule has 0 radical (unpaired) electrons. The molecule has 31 heavy (non-hydrogen) atoms. The highest BCUT2D eigenvalue weighted by atomic mass is 32.1. The van der Waals surface area contributed by atoms with Crippen LogP contribution in [-0.4, -0.2) is 15.9 Å². The molecule has 0 bridgehead atoms. The number of amides is 1. The second-order valence-corrected chi connectivity index (χ2v) is 7.70. The number of nitrogens with zero attached hydrogens (tertiary/aromatic N) is 2. The van der Waals surface area contributed by atoms with Crippen molar-refractivity contribution in [2.24, 2.45) is 0 Å². The maximum absolute atomic E-state index is 12.2. The van der Waals surface area contributed by atoms with Gasteiger partial charge in [-0.25, -0.2) is 4.98 Å². The summed E-state index contributed by atoms with van der Waals surface area (Å²) in [6.45, 7) is 0.892. The van der Waals surface area contributed by atoms with E-state index in [1.54, 1.807) is 18.5 Å². The predicted molar refractivity (Wildman–Crippen MR) is 123 cm³/mol. The van der Waals surface area contributed by atoms with E-state index in [2.05, 4.69) is 15.3 Å². The fourth-order valence-electron chi connectivity index (χ4n) is 2.89. The van der Waals surface area contributed by atoms with Gasteiger partial charge in [-0.2, -0.15) is 0 Å². The van der Waals surface area contributed by atoms with Crippen LogP contribution in [0.3, 0.4) is 0 Å². The molecule has 1 N–H and O–H groups in total. The molecule has 0 aliphatic rings. The van der Waals surface area contributed by atoms with Gasteiger partial charge in [-0.15, -0.1) is 11.3 Å². The van der Waals surface area contributed by atoms with Crippen LogP contribution in [0, 0.1) is 0 Å². The molecule has 0 saturated carbocycles. The van der Waals surface area contributed by atoms with Gasteiger partial charge in [0.1, 0.15) is 17.4 Å². The van der Waals surface area contributed by atoms with Crippen molar-refractivity contribution < 1.29 is 9.53 Å². The Labute approximate surface area is 185 Å². The lowest BCUT2D eigenvalue weighted by Crippen LogP contribution is -2.20. The van der Waals surface area contributed by atoms with Crippen LogP contribution in [0.1, 0.15) is 16.1 Å². The molecule has 6 heteroatoms. The van der Waals surface area contributed by atoms with Crippen molar-refractivity contribution >= 4 is 23.3 Å². The van der Waals surface area contributed by atoms with Gasteiger partial charge in [-0.3, -0.25) is 9.78 Å². The molecule has 2 aromatic carbocycles. The number of ether oxygens (including phenoxy) is 1. The Morgan fingerprint density at radius 2 is 1.87 bits per heavy atom. The summed E-state index contributed by atoms with van der Waals surface area (Å²) in [6.07, 6.45) is 6.77. The molecule has 0 atom stereocenters. The molecule has 5 nitrogen and oxygen atoms in total. The Bertz CT molecular complexity index is 1160. The molecule has 0 fully saturated rings. The van der Waals surface area contributed by atoms with Crippen LogP contribution in [0.25, 0.3) is 17.3 Å². The minimum atomic E-state index is -0.170. The summed E-state index contributed by atoms with van der Waals surface area (Å²) in [5.41, 5.74) is 3.91. The second kappa shape index (κ2) is 10.3. The van der Waals surface area contributed by atoms with E-state index in [0.29, 0.717) is 13.2 Å². The molecule has 0 spiro atoms. The average Bonchev–Trinajstić information content (AvgIpc) is 3.31. The zero-order chi connectivity index (χ0) is 21.3. The summed E-state index contributed by atoms with van der Waals surface area (Å²) in [4.78, 5) is 20.8. The Morgan fingerprint density at radius 3 is 2.71 bits per heavy atom. The van der Waals surface area contributed by atoms with E-state index in [1.807, 2.05) is 72.1 Å². The number of hydrogen-bond donors (Lipinski definition) is 1. The van der Waals surface area contributed by atoms with Crippen LogP contribution in [-0.2, 0) is 17.9 Å². The summed E-state index contributed by atoms with van der Waals surface area (Å²) in [7, 11) is 0. The van der Waals surface area contributed by atoms with Crippen LogP contribution in [0.2, 0.25) is 0 Å². The van der Waals surface area contributed by atoms with Crippen molar-refractivity contribution in [2.75, 3.05) is 0 Å². The first-order valence-corrected chi connectivity index (χ1v) is 10.7. The van der Waals surface area contributed by atoms with Gasteiger partial charge >= 0.3 is 0 Å². The Hall–Kier alpha value is -3.77. The molecule has 0 saturated heterocycles. The highest BCUT2D eigenvalue weighted by Gasteiger charge is 2.05. The van der Waals surface area contributed by atoms with Crippen LogP contribution in [0.5, 0.6) is 5.75 Å². The van der Waals surface area contributed by atoms with E-state index in [-0.39, 0.29) is 5.91 Å². The lowest BCUT2D eigenvalue weighted by Gasteiger charge is -2.07. The van der Waals surface area contributed by atoms with Crippen molar-refractivity contribution in [3.63, 3.8) is 0 Å². The molecule has 2 aromatic heterocycles. The van der Waals surface area contributed by atoms with Gasteiger partial charge < -0.3 is 10.1 Å². The summed E-state index contributed by atoms with van der Waals surface area (Å²) >= 11 is 1.52. The Morgan fingerprint density at radius 1 is 1.03 bits per heavy atom. The molecule has 1 amide bonds. The molecule has 0 aliphatic heterocycles. The van der Waals surface area contributed by atoms with Crippen molar-refractivity contribution in [2.45, 2.75) is 13.2 Å².